The molecule has 0 saturated carbocycles. The second-order valence-corrected chi connectivity index (χ2v) is 5.68. The fourth-order valence-corrected chi connectivity index (χ4v) is 2.92. The molecule has 1 aromatic carbocycles. The predicted octanol–water partition coefficient (Wildman–Crippen LogP) is 2.76. The molecule has 1 atom stereocenters. The summed E-state index contributed by atoms with van der Waals surface area (Å²) in [5.41, 5.74) is 8.95. The van der Waals surface area contributed by atoms with Crippen molar-refractivity contribution in [3.63, 3.8) is 0 Å². The minimum atomic E-state index is -0.365. The number of hydrogen-bond acceptors (Lipinski definition) is 5. The van der Waals surface area contributed by atoms with Gasteiger partial charge in [0.25, 0.3) is 0 Å². The van der Waals surface area contributed by atoms with Crippen molar-refractivity contribution in [1.29, 1.82) is 5.26 Å². The van der Waals surface area contributed by atoms with E-state index in [1.807, 2.05) is 24.3 Å². The maximum Gasteiger partial charge on any atom is 0.244 e. The molecule has 3 rings (SSSR count). The largest absolute Gasteiger partial charge is 0.496 e. The van der Waals surface area contributed by atoms with Crippen LogP contribution in [0.4, 0.5) is 0 Å². The molecule has 0 fully saturated rings. The van der Waals surface area contributed by atoms with E-state index in [4.69, 9.17) is 15.2 Å². The summed E-state index contributed by atoms with van der Waals surface area (Å²) in [7, 11) is 1.61. The summed E-state index contributed by atoms with van der Waals surface area (Å²) in [6.07, 6.45) is 0. The lowest BCUT2D eigenvalue weighted by atomic mass is 9.82. The Morgan fingerprint density at radius 1 is 1.39 bits per heavy atom. The minimum absolute atomic E-state index is 0.0812. The number of nitriles is 1. The molecule has 2 heterocycles. The highest BCUT2D eigenvalue weighted by Gasteiger charge is 2.37. The highest BCUT2D eigenvalue weighted by Crippen LogP contribution is 2.46. The van der Waals surface area contributed by atoms with E-state index in [2.05, 4.69) is 30.1 Å². The first kappa shape index (κ1) is 15.0. The Bertz CT molecular complexity index is 814. The summed E-state index contributed by atoms with van der Waals surface area (Å²) < 4.78 is 11.0. The molecule has 1 aliphatic heterocycles. The zero-order chi connectivity index (χ0) is 16.6. The van der Waals surface area contributed by atoms with Gasteiger partial charge < -0.3 is 15.2 Å². The number of ether oxygens (including phenoxy) is 2. The van der Waals surface area contributed by atoms with E-state index in [9.17, 15) is 5.26 Å². The molecule has 0 saturated heterocycles. The molecule has 0 amide bonds. The summed E-state index contributed by atoms with van der Waals surface area (Å²) in [6, 6.07) is 9.78. The number of fused-ring (bicyclic) bond motifs is 1. The van der Waals surface area contributed by atoms with Gasteiger partial charge in [0.1, 0.15) is 17.4 Å². The number of aromatic nitrogens is 2. The number of nitrogens with one attached hydrogen (secondary N) is 1. The van der Waals surface area contributed by atoms with E-state index in [1.165, 1.54) is 0 Å². The van der Waals surface area contributed by atoms with Gasteiger partial charge in [-0.05, 0) is 12.0 Å². The van der Waals surface area contributed by atoms with Crippen molar-refractivity contribution in [1.82, 2.24) is 10.2 Å². The van der Waals surface area contributed by atoms with Crippen LogP contribution < -0.4 is 15.2 Å². The number of allylic oxidation sites excluding steroid dienone is 1. The molecule has 0 bridgehead atoms. The summed E-state index contributed by atoms with van der Waals surface area (Å²) in [4.78, 5) is 0. The van der Waals surface area contributed by atoms with Crippen LogP contribution in [-0.4, -0.2) is 17.3 Å². The Labute approximate surface area is 134 Å². The number of hydrogen-bond donors (Lipinski definition) is 2. The highest BCUT2D eigenvalue weighted by atomic mass is 16.5. The zero-order valence-electron chi connectivity index (χ0n) is 13.3. The second kappa shape index (κ2) is 5.69. The van der Waals surface area contributed by atoms with Gasteiger partial charge in [-0.3, -0.25) is 5.10 Å². The standard InChI is InChI=1S/C17H18N4O2/c1-9(2)15-14-13(10-6-4-5-7-12(10)22-3)11(8-18)16(19)23-17(14)21-20-15/h4-7,9,13H,19H2,1-3H3,(H,20,21). The lowest BCUT2D eigenvalue weighted by molar-refractivity contribution is 0.374. The van der Waals surface area contributed by atoms with Gasteiger partial charge in [-0.1, -0.05) is 32.0 Å². The quantitative estimate of drug-likeness (QED) is 0.908. The first-order valence-corrected chi connectivity index (χ1v) is 7.37. The highest BCUT2D eigenvalue weighted by molar-refractivity contribution is 5.58. The first-order valence-electron chi connectivity index (χ1n) is 7.37. The summed E-state index contributed by atoms with van der Waals surface area (Å²) in [5.74, 6) is 1.03. The van der Waals surface area contributed by atoms with Crippen LogP contribution in [0.25, 0.3) is 0 Å². The fourth-order valence-electron chi connectivity index (χ4n) is 2.92. The van der Waals surface area contributed by atoms with Crippen LogP contribution in [0.3, 0.4) is 0 Å². The smallest absolute Gasteiger partial charge is 0.244 e. The molecule has 0 aliphatic carbocycles. The van der Waals surface area contributed by atoms with Gasteiger partial charge in [-0.15, -0.1) is 5.10 Å². The number of para-hydroxylation sites is 1. The van der Waals surface area contributed by atoms with Crippen LogP contribution in [0, 0.1) is 11.3 Å². The number of H-pyrrole nitrogens is 1. The number of aromatic amines is 1. The average molecular weight is 310 g/mol. The van der Waals surface area contributed by atoms with Crippen LogP contribution in [0.5, 0.6) is 11.6 Å². The zero-order valence-corrected chi connectivity index (χ0v) is 13.3. The molecular formula is C17H18N4O2. The third kappa shape index (κ3) is 2.30. The second-order valence-electron chi connectivity index (χ2n) is 5.68. The Balaban J connectivity index is 2.29. The van der Waals surface area contributed by atoms with Gasteiger partial charge >= 0.3 is 0 Å². The monoisotopic (exact) mass is 310 g/mol. The van der Waals surface area contributed by atoms with Crippen molar-refractivity contribution < 1.29 is 9.47 Å². The van der Waals surface area contributed by atoms with E-state index in [-0.39, 0.29) is 17.7 Å². The van der Waals surface area contributed by atoms with Crippen LogP contribution in [-0.2, 0) is 0 Å². The van der Waals surface area contributed by atoms with Crippen molar-refractivity contribution in [2.45, 2.75) is 25.7 Å². The molecule has 2 aromatic rings. The fraction of sp³-hybridized carbons (Fsp3) is 0.294. The number of benzene rings is 1. The van der Waals surface area contributed by atoms with E-state index < -0.39 is 0 Å². The van der Waals surface area contributed by atoms with Crippen molar-refractivity contribution in [2.75, 3.05) is 7.11 Å². The van der Waals surface area contributed by atoms with Gasteiger partial charge in [0.15, 0.2) is 0 Å². The Kier molecular flexibility index (Phi) is 3.70. The maximum absolute atomic E-state index is 9.61. The molecule has 23 heavy (non-hydrogen) atoms. The number of nitrogens with two attached hydrogens (primary N) is 1. The van der Waals surface area contributed by atoms with E-state index >= 15 is 0 Å². The lowest BCUT2D eigenvalue weighted by Crippen LogP contribution is -2.21. The number of methoxy groups -OCH3 is 1. The van der Waals surface area contributed by atoms with Crippen LogP contribution in [0.15, 0.2) is 35.7 Å². The molecule has 1 aromatic heterocycles. The van der Waals surface area contributed by atoms with Gasteiger partial charge in [-0.25, -0.2) is 0 Å². The molecule has 6 heteroatoms. The summed E-state index contributed by atoms with van der Waals surface area (Å²) in [5, 5.41) is 16.8. The third-order valence-electron chi connectivity index (χ3n) is 4.00. The van der Waals surface area contributed by atoms with Gasteiger partial charge in [0.05, 0.1) is 18.6 Å². The first-order chi connectivity index (χ1) is 11.1. The molecule has 0 radical (unpaired) electrons. The SMILES string of the molecule is COc1ccccc1C1C(C#N)=C(N)Oc2n[nH]c(C(C)C)c21. The maximum atomic E-state index is 9.61. The van der Waals surface area contributed by atoms with Crippen molar-refractivity contribution >= 4 is 0 Å². The van der Waals surface area contributed by atoms with Crippen molar-refractivity contribution in [3.8, 4) is 17.7 Å². The molecule has 1 unspecified atom stereocenters. The molecule has 3 N–H and O–H groups in total. The average Bonchev–Trinajstić information content (AvgIpc) is 2.97. The number of nitrogens with zero attached hydrogens (tertiary/aromatic N) is 2. The van der Waals surface area contributed by atoms with Crippen molar-refractivity contribution in [2.24, 2.45) is 5.73 Å². The van der Waals surface area contributed by atoms with E-state index in [0.29, 0.717) is 17.2 Å². The van der Waals surface area contributed by atoms with Gasteiger partial charge in [0.2, 0.25) is 11.8 Å². The number of rotatable bonds is 3. The van der Waals surface area contributed by atoms with E-state index in [0.717, 1.165) is 16.8 Å². The van der Waals surface area contributed by atoms with Gasteiger partial charge in [0, 0.05) is 11.3 Å². The van der Waals surface area contributed by atoms with Crippen LogP contribution in [0.1, 0.15) is 42.5 Å². The molecule has 6 nitrogen and oxygen atoms in total. The van der Waals surface area contributed by atoms with Gasteiger partial charge in [-0.2, -0.15) is 5.26 Å². The summed E-state index contributed by atoms with van der Waals surface area (Å²) >= 11 is 0. The third-order valence-corrected chi connectivity index (χ3v) is 4.00. The Morgan fingerprint density at radius 2 is 2.13 bits per heavy atom. The topological polar surface area (TPSA) is 96.9 Å². The van der Waals surface area contributed by atoms with Crippen LogP contribution in [0.2, 0.25) is 0 Å². The Morgan fingerprint density at radius 3 is 2.78 bits per heavy atom. The minimum Gasteiger partial charge on any atom is -0.496 e. The summed E-state index contributed by atoms with van der Waals surface area (Å²) in [6.45, 7) is 4.11. The molecular weight excluding hydrogens is 292 g/mol. The molecule has 118 valence electrons. The normalized spacial score (nSPS) is 16.7. The molecule has 1 aliphatic rings. The van der Waals surface area contributed by atoms with Crippen molar-refractivity contribution in [3.05, 3.63) is 52.5 Å². The molecule has 0 spiro atoms. The lowest BCUT2D eigenvalue weighted by Gasteiger charge is -2.25. The van der Waals surface area contributed by atoms with Crippen LogP contribution >= 0.6 is 0 Å². The van der Waals surface area contributed by atoms with E-state index in [1.54, 1.807) is 7.11 Å². The Hall–Kier alpha value is -2.94. The predicted molar refractivity (Wildman–Crippen MR) is 85.0 cm³/mol.